The second kappa shape index (κ2) is 6.99. The van der Waals surface area contributed by atoms with E-state index in [0.717, 1.165) is 17.7 Å². The topological polar surface area (TPSA) is 49.4 Å². The maximum absolute atomic E-state index is 12.0. The van der Waals surface area contributed by atoms with Crippen LogP contribution in [-0.2, 0) is 4.79 Å². The van der Waals surface area contributed by atoms with Crippen LogP contribution in [0.25, 0.3) is 0 Å². The van der Waals surface area contributed by atoms with Crippen LogP contribution in [0.1, 0.15) is 24.9 Å². The van der Waals surface area contributed by atoms with Crippen molar-refractivity contribution >= 4 is 34.5 Å². The second-order valence-electron chi connectivity index (χ2n) is 4.62. The molecular formula is C14H17ClN2O2S. The third-order valence-corrected chi connectivity index (χ3v) is 4.34. The Hall–Kier alpha value is -1.20. The zero-order valence-corrected chi connectivity index (χ0v) is 12.8. The van der Waals surface area contributed by atoms with Gasteiger partial charge in [-0.1, -0.05) is 42.4 Å². The average Bonchev–Trinajstić information content (AvgIpc) is 2.83. The van der Waals surface area contributed by atoms with Gasteiger partial charge in [-0.2, -0.15) is 0 Å². The number of nitrogens with one attached hydrogen (secondary N) is 1. The molecule has 0 spiro atoms. The quantitative estimate of drug-likeness (QED) is 0.909. The van der Waals surface area contributed by atoms with Crippen molar-refractivity contribution in [1.82, 2.24) is 10.2 Å². The number of rotatable bonds is 5. The van der Waals surface area contributed by atoms with E-state index in [1.807, 2.05) is 31.2 Å². The predicted octanol–water partition coefficient (Wildman–Crippen LogP) is 3.08. The summed E-state index contributed by atoms with van der Waals surface area (Å²) < 4.78 is 0. The fraction of sp³-hybridized carbons (Fsp3) is 0.429. The molecule has 4 nitrogen and oxygen atoms in total. The first kappa shape index (κ1) is 15.2. The average molecular weight is 313 g/mol. The van der Waals surface area contributed by atoms with Crippen molar-refractivity contribution < 1.29 is 9.59 Å². The fourth-order valence-corrected chi connectivity index (χ4v) is 3.05. The normalized spacial score (nSPS) is 16.3. The van der Waals surface area contributed by atoms with Gasteiger partial charge in [0.05, 0.1) is 6.04 Å². The Kier molecular flexibility index (Phi) is 5.31. The van der Waals surface area contributed by atoms with Gasteiger partial charge in [0.15, 0.2) is 0 Å². The molecule has 1 N–H and O–H groups in total. The van der Waals surface area contributed by atoms with Gasteiger partial charge >= 0.3 is 0 Å². The van der Waals surface area contributed by atoms with E-state index in [4.69, 9.17) is 11.6 Å². The highest BCUT2D eigenvalue weighted by atomic mass is 35.5. The van der Waals surface area contributed by atoms with E-state index in [1.165, 1.54) is 11.8 Å². The third-order valence-electron chi connectivity index (χ3n) is 3.20. The Morgan fingerprint density at radius 3 is 2.70 bits per heavy atom. The van der Waals surface area contributed by atoms with Crippen LogP contribution in [0.4, 0.5) is 4.79 Å². The smallest absolute Gasteiger partial charge is 0.282 e. The predicted molar refractivity (Wildman–Crippen MR) is 82.1 cm³/mol. The first-order valence-corrected chi connectivity index (χ1v) is 7.93. The molecule has 0 radical (unpaired) electrons. The lowest BCUT2D eigenvalue weighted by atomic mass is 10.0. The zero-order valence-electron chi connectivity index (χ0n) is 11.3. The number of nitrogens with zero attached hydrogens (tertiary/aromatic N) is 1. The van der Waals surface area contributed by atoms with E-state index in [0.29, 0.717) is 11.6 Å². The molecule has 1 saturated heterocycles. The Morgan fingerprint density at radius 1 is 1.45 bits per heavy atom. The largest absolute Gasteiger partial charge is 0.348 e. The van der Waals surface area contributed by atoms with Gasteiger partial charge in [-0.25, -0.2) is 0 Å². The molecule has 0 aliphatic carbocycles. The van der Waals surface area contributed by atoms with Gasteiger partial charge in [0.1, 0.15) is 6.54 Å². The first-order chi connectivity index (χ1) is 9.60. The number of carbonyl (C=O) groups is 2. The van der Waals surface area contributed by atoms with E-state index in [9.17, 15) is 9.59 Å². The molecule has 0 unspecified atom stereocenters. The number of hydrogen-bond donors (Lipinski definition) is 1. The minimum absolute atomic E-state index is 0.0142. The maximum Gasteiger partial charge on any atom is 0.282 e. The van der Waals surface area contributed by atoms with Crippen molar-refractivity contribution in [2.24, 2.45) is 0 Å². The maximum atomic E-state index is 12.0. The lowest BCUT2D eigenvalue weighted by Crippen LogP contribution is -2.38. The van der Waals surface area contributed by atoms with E-state index in [-0.39, 0.29) is 23.7 Å². The van der Waals surface area contributed by atoms with E-state index >= 15 is 0 Å². The molecule has 2 rings (SSSR count). The molecular weight excluding hydrogens is 296 g/mol. The molecule has 20 heavy (non-hydrogen) atoms. The lowest BCUT2D eigenvalue weighted by Gasteiger charge is -2.20. The Balaban J connectivity index is 1.94. The summed E-state index contributed by atoms with van der Waals surface area (Å²) >= 11 is 7.12. The standard InChI is InChI=1S/C14H17ClN2O2S/c1-2-12(10-3-5-11(15)6-4-10)16-13(18)9-17-7-8-20-14(17)19/h3-6,12H,2,7-9H2,1H3,(H,16,18)/t12-/m0/s1. The van der Waals surface area contributed by atoms with Crippen molar-refractivity contribution in [2.75, 3.05) is 18.8 Å². The van der Waals surface area contributed by atoms with E-state index in [2.05, 4.69) is 5.32 Å². The first-order valence-electron chi connectivity index (χ1n) is 6.56. The molecule has 0 aromatic heterocycles. The molecule has 1 aliphatic heterocycles. The zero-order chi connectivity index (χ0) is 14.5. The summed E-state index contributed by atoms with van der Waals surface area (Å²) in [7, 11) is 0. The molecule has 1 fully saturated rings. The van der Waals surface area contributed by atoms with Gasteiger partial charge in [-0.3, -0.25) is 9.59 Å². The van der Waals surface area contributed by atoms with E-state index in [1.54, 1.807) is 4.90 Å². The van der Waals surface area contributed by atoms with Gasteiger partial charge < -0.3 is 10.2 Å². The van der Waals surface area contributed by atoms with Crippen molar-refractivity contribution in [2.45, 2.75) is 19.4 Å². The molecule has 108 valence electrons. The SMILES string of the molecule is CC[C@H](NC(=O)CN1CCSC1=O)c1ccc(Cl)cc1. The Morgan fingerprint density at radius 2 is 2.15 bits per heavy atom. The summed E-state index contributed by atoms with van der Waals surface area (Å²) in [5, 5.41) is 3.63. The van der Waals surface area contributed by atoms with Crippen molar-refractivity contribution in [3.8, 4) is 0 Å². The highest BCUT2D eigenvalue weighted by molar-refractivity contribution is 8.13. The second-order valence-corrected chi connectivity index (χ2v) is 6.10. The number of thioether (sulfide) groups is 1. The van der Waals surface area contributed by atoms with Crippen molar-refractivity contribution in [3.63, 3.8) is 0 Å². The van der Waals surface area contributed by atoms with Crippen molar-refractivity contribution in [3.05, 3.63) is 34.9 Å². The highest BCUT2D eigenvalue weighted by Crippen LogP contribution is 2.20. The van der Waals surface area contributed by atoms with E-state index < -0.39 is 0 Å². The Bertz CT molecular complexity index is 492. The van der Waals surface area contributed by atoms with Crippen LogP contribution in [-0.4, -0.2) is 34.9 Å². The summed E-state index contributed by atoms with van der Waals surface area (Å²) in [5.41, 5.74) is 1.02. The minimum Gasteiger partial charge on any atom is -0.348 e. The fourth-order valence-electron chi connectivity index (χ4n) is 2.10. The third kappa shape index (κ3) is 3.90. The minimum atomic E-state index is -0.123. The summed E-state index contributed by atoms with van der Waals surface area (Å²) in [4.78, 5) is 25.1. The van der Waals surface area contributed by atoms with Crippen LogP contribution >= 0.6 is 23.4 Å². The molecule has 1 atom stereocenters. The number of hydrogen-bond acceptors (Lipinski definition) is 3. The van der Waals surface area contributed by atoms with Crippen LogP contribution < -0.4 is 5.32 Å². The molecule has 1 aromatic carbocycles. The molecule has 0 bridgehead atoms. The van der Waals surface area contributed by atoms with Crippen LogP contribution in [0.2, 0.25) is 5.02 Å². The van der Waals surface area contributed by atoms with Gasteiger partial charge in [-0.15, -0.1) is 0 Å². The van der Waals surface area contributed by atoms with Crippen LogP contribution in [0.5, 0.6) is 0 Å². The van der Waals surface area contributed by atoms with Crippen molar-refractivity contribution in [1.29, 1.82) is 0 Å². The number of amides is 2. The number of carbonyl (C=O) groups excluding carboxylic acids is 2. The number of halogens is 1. The highest BCUT2D eigenvalue weighted by Gasteiger charge is 2.24. The molecule has 1 aromatic rings. The summed E-state index contributed by atoms with van der Waals surface area (Å²) in [6.07, 6.45) is 0.788. The van der Waals surface area contributed by atoms with Gasteiger partial charge in [-0.05, 0) is 24.1 Å². The van der Waals surface area contributed by atoms with Gasteiger partial charge in [0.2, 0.25) is 5.91 Å². The van der Waals surface area contributed by atoms with Gasteiger partial charge in [0.25, 0.3) is 5.24 Å². The van der Waals surface area contributed by atoms with Crippen LogP contribution in [0.15, 0.2) is 24.3 Å². The monoisotopic (exact) mass is 312 g/mol. The molecule has 2 amide bonds. The lowest BCUT2D eigenvalue weighted by molar-refractivity contribution is -0.122. The van der Waals surface area contributed by atoms with Crippen LogP contribution in [0, 0.1) is 0 Å². The van der Waals surface area contributed by atoms with Crippen LogP contribution in [0.3, 0.4) is 0 Å². The molecule has 1 aliphatic rings. The molecule has 0 saturated carbocycles. The summed E-state index contributed by atoms with van der Waals surface area (Å²) in [6, 6.07) is 7.39. The summed E-state index contributed by atoms with van der Waals surface area (Å²) in [5.74, 6) is 0.642. The molecule has 1 heterocycles. The summed E-state index contributed by atoms with van der Waals surface area (Å²) in [6.45, 7) is 2.79. The molecule has 6 heteroatoms. The van der Waals surface area contributed by atoms with Gasteiger partial charge in [0, 0.05) is 17.3 Å². The Labute approximate surface area is 127 Å². The number of benzene rings is 1.